The molecule has 20 heavy (non-hydrogen) atoms. The molecule has 1 saturated carbocycles. The monoisotopic (exact) mass is 269 g/mol. The summed E-state index contributed by atoms with van der Waals surface area (Å²) in [5, 5.41) is 8.06. The van der Waals surface area contributed by atoms with E-state index in [0.717, 1.165) is 25.6 Å². The third-order valence-electron chi connectivity index (χ3n) is 3.82. The van der Waals surface area contributed by atoms with Crippen LogP contribution in [0, 0.1) is 6.92 Å². The van der Waals surface area contributed by atoms with Gasteiger partial charge in [0.15, 0.2) is 0 Å². The van der Waals surface area contributed by atoms with Crippen LogP contribution in [0.2, 0.25) is 0 Å². The topological polar surface area (TPSA) is 29.9 Å². The Balaban J connectivity index is 1.86. The molecule has 3 heteroatoms. The Morgan fingerprint density at radius 2 is 2.20 bits per heavy atom. The van der Waals surface area contributed by atoms with Crippen LogP contribution in [0.25, 0.3) is 11.1 Å². The van der Waals surface area contributed by atoms with E-state index in [1.807, 2.05) is 10.9 Å². The average molecular weight is 269 g/mol. The molecule has 1 aromatic carbocycles. The summed E-state index contributed by atoms with van der Waals surface area (Å²) >= 11 is 0. The van der Waals surface area contributed by atoms with Crippen molar-refractivity contribution >= 4 is 0 Å². The van der Waals surface area contributed by atoms with Crippen molar-refractivity contribution in [3.8, 4) is 11.1 Å². The maximum atomic E-state index is 4.46. The molecule has 0 unspecified atom stereocenters. The molecule has 1 aromatic heterocycles. The largest absolute Gasteiger partial charge is 0.310 e. The molecule has 0 aliphatic heterocycles. The van der Waals surface area contributed by atoms with Gasteiger partial charge in [-0.05, 0) is 37.3 Å². The van der Waals surface area contributed by atoms with Crippen molar-refractivity contribution in [1.29, 1.82) is 0 Å². The average Bonchev–Trinajstić information content (AvgIpc) is 3.16. The van der Waals surface area contributed by atoms with Gasteiger partial charge in [-0.25, -0.2) is 0 Å². The van der Waals surface area contributed by atoms with Crippen LogP contribution in [-0.4, -0.2) is 15.8 Å². The molecule has 0 radical (unpaired) electrons. The number of aryl methyl sites for hydroxylation is 2. The van der Waals surface area contributed by atoms with Crippen LogP contribution in [0.4, 0.5) is 0 Å². The first-order valence-corrected chi connectivity index (χ1v) is 7.62. The minimum absolute atomic E-state index is 0.743. The van der Waals surface area contributed by atoms with Gasteiger partial charge in [0.2, 0.25) is 0 Å². The smallest absolute Gasteiger partial charge is 0.0568 e. The number of benzene rings is 1. The maximum absolute atomic E-state index is 4.46. The molecule has 1 N–H and O–H groups in total. The van der Waals surface area contributed by atoms with E-state index < -0.39 is 0 Å². The van der Waals surface area contributed by atoms with Gasteiger partial charge in [0.05, 0.1) is 6.20 Å². The van der Waals surface area contributed by atoms with Crippen LogP contribution >= 0.6 is 0 Å². The summed E-state index contributed by atoms with van der Waals surface area (Å²) in [7, 11) is 0. The van der Waals surface area contributed by atoms with Crippen molar-refractivity contribution in [3.05, 3.63) is 41.7 Å². The van der Waals surface area contributed by atoms with Gasteiger partial charge < -0.3 is 5.32 Å². The fraction of sp³-hybridized carbons (Fsp3) is 0.471. The van der Waals surface area contributed by atoms with Gasteiger partial charge in [0.25, 0.3) is 0 Å². The van der Waals surface area contributed by atoms with Crippen molar-refractivity contribution in [1.82, 2.24) is 15.1 Å². The Hall–Kier alpha value is -1.61. The third kappa shape index (κ3) is 3.10. The predicted octanol–water partition coefficient (Wildman–Crippen LogP) is 3.52. The Kier molecular flexibility index (Phi) is 3.88. The summed E-state index contributed by atoms with van der Waals surface area (Å²) in [6, 6.07) is 7.46. The highest BCUT2D eigenvalue weighted by molar-refractivity contribution is 5.67. The molecule has 0 spiro atoms. The lowest BCUT2D eigenvalue weighted by Gasteiger charge is -2.10. The zero-order chi connectivity index (χ0) is 13.9. The highest BCUT2D eigenvalue weighted by Crippen LogP contribution is 2.26. The zero-order valence-electron chi connectivity index (χ0n) is 12.4. The predicted molar refractivity (Wildman–Crippen MR) is 82.6 cm³/mol. The zero-order valence-corrected chi connectivity index (χ0v) is 12.4. The molecule has 3 nitrogen and oxygen atoms in total. The molecule has 2 aromatic rings. The van der Waals surface area contributed by atoms with E-state index in [-0.39, 0.29) is 0 Å². The molecule has 0 atom stereocenters. The maximum Gasteiger partial charge on any atom is 0.0568 e. The van der Waals surface area contributed by atoms with Gasteiger partial charge in [-0.2, -0.15) is 5.10 Å². The molecule has 0 amide bonds. The van der Waals surface area contributed by atoms with Crippen LogP contribution in [0.3, 0.4) is 0 Å². The molecule has 1 fully saturated rings. The molecule has 1 aliphatic carbocycles. The van der Waals surface area contributed by atoms with E-state index >= 15 is 0 Å². The summed E-state index contributed by atoms with van der Waals surface area (Å²) < 4.78 is 2.04. The number of aromatic nitrogens is 2. The van der Waals surface area contributed by atoms with Gasteiger partial charge in [0, 0.05) is 30.9 Å². The number of hydrogen-bond acceptors (Lipinski definition) is 2. The molecule has 1 heterocycles. The van der Waals surface area contributed by atoms with Crippen LogP contribution < -0.4 is 5.32 Å². The van der Waals surface area contributed by atoms with Crippen LogP contribution in [0.5, 0.6) is 0 Å². The van der Waals surface area contributed by atoms with Crippen molar-refractivity contribution in [2.75, 3.05) is 0 Å². The first kappa shape index (κ1) is 13.4. The second-order valence-electron chi connectivity index (χ2n) is 5.81. The van der Waals surface area contributed by atoms with E-state index in [0.29, 0.717) is 0 Å². The standard InChI is InChI=1S/C17H23N3/c1-3-8-20-12-15(11-19-20)17-9-13(2)4-5-14(17)10-18-16-6-7-16/h4-5,9,11-12,16,18H,3,6-8,10H2,1-2H3. The molecule has 3 rings (SSSR count). The fourth-order valence-electron chi connectivity index (χ4n) is 2.51. The van der Waals surface area contributed by atoms with Crippen LogP contribution in [0.15, 0.2) is 30.6 Å². The normalized spacial score (nSPS) is 14.7. The summed E-state index contributed by atoms with van der Waals surface area (Å²) in [6.45, 7) is 6.28. The Labute approximate surface area is 121 Å². The Morgan fingerprint density at radius 1 is 1.35 bits per heavy atom. The molecular formula is C17H23N3. The lowest BCUT2D eigenvalue weighted by Crippen LogP contribution is -2.15. The summed E-state index contributed by atoms with van der Waals surface area (Å²) in [5.41, 5.74) is 5.23. The van der Waals surface area contributed by atoms with Crippen molar-refractivity contribution < 1.29 is 0 Å². The number of nitrogens with one attached hydrogen (secondary N) is 1. The van der Waals surface area contributed by atoms with E-state index in [1.165, 1.54) is 35.1 Å². The van der Waals surface area contributed by atoms with E-state index in [9.17, 15) is 0 Å². The Bertz CT molecular complexity index is 582. The van der Waals surface area contributed by atoms with Gasteiger partial charge in [-0.1, -0.05) is 30.7 Å². The van der Waals surface area contributed by atoms with Gasteiger partial charge in [0.1, 0.15) is 0 Å². The number of rotatable bonds is 6. The molecular weight excluding hydrogens is 246 g/mol. The third-order valence-corrected chi connectivity index (χ3v) is 3.82. The van der Waals surface area contributed by atoms with E-state index in [2.05, 4.69) is 48.7 Å². The summed E-state index contributed by atoms with van der Waals surface area (Å²) in [5.74, 6) is 0. The van der Waals surface area contributed by atoms with Crippen LogP contribution in [0.1, 0.15) is 37.3 Å². The molecule has 0 bridgehead atoms. The summed E-state index contributed by atoms with van der Waals surface area (Å²) in [6.07, 6.45) is 7.93. The second-order valence-corrected chi connectivity index (χ2v) is 5.81. The summed E-state index contributed by atoms with van der Waals surface area (Å²) in [4.78, 5) is 0. The van der Waals surface area contributed by atoms with Crippen LogP contribution in [-0.2, 0) is 13.1 Å². The van der Waals surface area contributed by atoms with Crippen molar-refractivity contribution in [3.63, 3.8) is 0 Å². The minimum Gasteiger partial charge on any atom is -0.310 e. The lowest BCUT2D eigenvalue weighted by molar-refractivity contribution is 0.603. The minimum atomic E-state index is 0.743. The highest BCUT2D eigenvalue weighted by atomic mass is 15.3. The lowest BCUT2D eigenvalue weighted by atomic mass is 10.00. The van der Waals surface area contributed by atoms with E-state index in [4.69, 9.17) is 0 Å². The quantitative estimate of drug-likeness (QED) is 0.869. The van der Waals surface area contributed by atoms with Gasteiger partial charge in [-0.3, -0.25) is 4.68 Å². The first-order valence-electron chi connectivity index (χ1n) is 7.62. The Morgan fingerprint density at radius 3 is 2.95 bits per heavy atom. The van der Waals surface area contributed by atoms with Crippen molar-refractivity contribution in [2.24, 2.45) is 0 Å². The number of nitrogens with zero attached hydrogens (tertiary/aromatic N) is 2. The SMILES string of the molecule is CCCn1cc(-c2cc(C)ccc2CNC2CC2)cn1. The van der Waals surface area contributed by atoms with Gasteiger partial charge in [-0.15, -0.1) is 0 Å². The highest BCUT2D eigenvalue weighted by Gasteiger charge is 2.20. The molecule has 0 saturated heterocycles. The molecule has 1 aliphatic rings. The number of hydrogen-bond donors (Lipinski definition) is 1. The molecule has 106 valence electrons. The first-order chi connectivity index (χ1) is 9.76. The van der Waals surface area contributed by atoms with Crippen molar-refractivity contribution in [2.45, 2.75) is 52.2 Å². The van der Waals surface area contributed by atoms with E-state index in [1.54, 1.807) is 0 Å². The second kappa shape index (κ2) is 5.80. The van der Waals surface area contributed by atoms with Gasteiger partial charge >= 0.3 is 0 Å². The fourth-order valence-corrected chi connectivity index (χ4v) is 2.51.